The molecule has 1 aromatic rings. The molecule has 6 heteroatoms. The van der Waals surface area contributed by atoms with E-state index in [4.69, 9.17) is 4.74 Å². The highest BCUT2D eigenvalue weighted by molar-refractivity contribution is 5.93. The van der Waals surface area contributed by atoms with Gasteiger partial charge >= 0.3 is 5.97 Å². The molecule has 2 rings (SSSR count). The molecule has 0 radical (unpaired) electrons. The lowest BCUT2D eigenvalue weighted by molar-refractivity contribution is -0.150. The third kappa shape index (κ3) is 2.47. The van der Waals surface area contributed by atoms with Gasteiger partial charge in [-0.05, 0) is 25.8 Å². The van der Waals surface area contributed by atoms with Crippen LogP contribution in [-0.4, -0.2) is 47.2 Å². The van der Waals surface area contributed by atoms with Crippen LogP contribution in [0.15, 0.2) is 6.07 Å². The summed E-state index contributed by atoms with van der Waals surface area (Å²) in [6.45, 7) is 4.76. The number of nitrogens with one attached hydrogen (secondary N) is 1. The van der Waals surface area contributed by atoms with Crippen LogP contribution in [-0.2, 0) is 16.0 Å². The van der Waals surface area contributed by atoms with Crippen molar-refractivity contribution in [2.75, 3.05) is 20.2 Å². The van der Waals surface area contributed by atoms with Crippen LogP contribution in [0.2, 0.25) is 0 Å². The number of rotatable bonds is 3. The molecule has 2 heterocycles. The van der Waals surface area contributed by atoms with E-state index in [0.717, 1.165) is 12.1 Å². The molecule has 0 aliphatic carbocycles. The number of carbonyl (C=O) groups is 2. The number of amides is 1. The van der Waals surface area contributed by atoms with Gasteiger partial charge in [0.05, 0.1) is 12.5 Å². The van der Waals surface area contributed by atoms with Crippen LogP contribution in [0.3, 0.4) is 0 Å². The van der Waals surface area contributed by atoms with Gasteiger partial charge in [-0.3, -0.25) is 14.7 Å². The van der Waals surface area contributed by atoms with Crippen LogP contribution in [0.25, 0.3) is 0 Å². The number of likely N-dealkylation sites (tertiary alicyclic amines) is 1. The second-order valence-electron chi connectivity index (χ2n) is 5.16. The van der Waals surface area contributed by atoms with Gasteiger partial charge in [0.25, 0.3) is 5.91 Å². The number of aryl methyl sites for hydroxylation is 1. The van der Waals surface area contributed by atoms with E-state index in [1.807, 2.05) is 13.8 Å². The Labute approximate surface area is 112 Å². The minimum absolute atomic E-state index is 0.136. The Kier molecular flexibility index (Phi) is 3.59. The minimum Gasteiger partial charge on any atom is -0.469 e. The molecule has 1 amide bonds. The Morgan fingerprint density at radius 2 is 2.32 bits per heavy atom. The van der Waals surface area contributed by atoms with Crippen LogP contribution >= 0.6 is 0 Å². The van der Waals surface area contributed by atoms with Gasteiger partial charge in [-0.1, -0.05) is 6.92 Å². The fourth-order valence-electron chi connectivity index (χ4n) is 2.36. The molecule has 0 unspecified atom stereocenters. The van der Waals surface area contributed by atoms with E-state index in [1.165, 1.54) is 7.11 Å². The molecule has 0 aromatic carbocycles. The normalized spacial score (nSPS) is 22.6. The third-order valence-electron chi connectivity index (χ3n) is 3.67. The highest BCUT2D eigenvalue weighted by atomic mass is 16.5. The lowest BCUT2D eigenvalue weighted by atomic mass is 9.90. The zero-order valence-corrected chi connectivity index (χ0v) is 11.5. The highest BCUT2D eigenvalue weighted by Gasteiger charge is 2.43. The average molecular weight is 265 g/mol. The quantitative estimate of drug-likeness (QED) is 0.827. The summed E-state index contributed by atoms with van der Waals surface area (Å²) in [5.41, 5.74) is 0.734. The second kappa shape index (κ2) is 5.03. The van der Waals surface area contributed by atoms with E-state index in [2.05, 4.69) is 10.2 Å². The molecule has 1 saturated heterocycles. The second-order valence-corrected chi connectivity index (χ2v) is 5.16. The van der Waals surface area contributed by atoms with Crippen molar-refractivity contribution < 1.29 is 14.3 Å². The first-order chi connectivity index (χ1) is 9.00. The molecular weight excluding hydrogens is 246 g/mol. The van der Waals surface area contributed by atoms with Crippen LogP contribution in [0.5, 0.6) is 0 Å². The van der Waals surface area contributed by atoms with Crippen molar-refractivity contribution >= 4 is 11.9 Å². The summed E-state index contributed by atoms with van der Waals surface area (Å²) in [7, 11) is 1.37. The number of nitrogens with zero attached hydrogens (tertiary/aromatic N) is 2. The van der Waals surface area contributed by atoms with E-state index < -0.39 is 5.41 Å². The minimum atomic E-state index is -0.603. The summed E-state index contributed by atoms with van der Waals surface area (Å²) in [5.74, 6) is -0.400. The van der Waals surface area contributed by atoms with Gasteiger partial charge in [0.15, 0.2) is 0 Å². The number of aromatic amines is 1. The van der Waals surface area contributed by atoms with Gasteiger partial charge in [0, 0.05) is 18.8 Å². The number of hydrogen-bond acceptors (Lipinski definition) is 4. The van der Waals surface area contributed by atoms with E-state index in [-0.39, 0.29) is 11.9 Å². The van der Waals surface area contributed by atoms with E-state index in [0.29, 0.717) is 25.2 Å². The molecule has 1 aromatic heterocycles. The van der Waals surface area contributed by atoms with Crippen molar-refractivity contribution in [3.63, 3.8) is 0 Å². The Morgan fingerprint density at radius 1 is 1.58 bits per heavy atom. The van der Waals surface area contributed by atoms with E-state index >= 15 is 0 Å². The lowest BCUT2D eigenvalue weighted by Gasteiger charge is -2.21. The van der Waals surface area contributed by atoms with Gasteiger partial charge in [0.1, 0.15) is 5.69 Å². The summed E-state index contributed by atoms with van der Waals surface area (Å²) in [6, 6.07) is 1.76. The molecule has 0 saturated carbocycles. The highest BCUT2D eigenvalue weighted by Crippen LogP contribution is 2.31. The number of hydrogen-bond donors (Lipinski definition) is 1. The van der Waals surface area contributed by atoms with Crippen LogP contribution in [0, 0.1) is 5.41 Å². The molecule has 0 spiro atoms. The van der Waals surface area contributed by atoms with Gasteiger partial charge in [-0.15, -0.1) is 0 Å². The number of esters is 1. The Hall–Kier alpha value is -1.85. The first kappa shape index (κ1) is 13.6. The Balaban J connectivity index is 2.08. The van der Waals surface area contributed by atoms with Gasteiger partial charge in [0.2, 0.25) is 0 Å². The standard InChI is InChI=1S/C13H19N3O3/c1-4-9-7-10(15-14-9)11(17)16-6-5-13(2,8-16)12(18)19-3/h7H,4-6,8H2,1-3H3,(H,14,15)/t13-/m1/s1. The maximum atomic E-state index is 12.3. The van der Waals surface area contributed by atoms with E-state index in [9.17, 15) is 9.59 Å². The SMILES string of the molecule is CCc1cc(C(=O)N2CC[C@@](C)(C(=O)OC)C2)n[nH]1. The largest absolute Gasteiger partial charge is 0.469 e. The maximum absolute atomic E-state index is 12.3. The molecular formula is C13H19N3O3. The lowest BCUT2D eigenvalue weighted by Crippen LogP contribution is -2.35. The topological polar surface area (TPSA) is 75.3 Å². The molecule has 1 aliphatic heterocycles. The van der Waals surface area contributed by atoms with Crippen molar-refractivity contribution in [2.45, 2.75) is 26.7 Å². The summed E-state index contributed by atoms with van der Waals surface area (Å²) < 4.78 is 4.79. The Bertz CT molecular complexity index is 497. The number of H-pyrrole nitrogens is 1. The monoisotopic (exact) mass is 265 g/mol. The Morgan fingerprint density at radius 3 is 2.89 bits per heavy atom. The summed E-state index contributed by atoms with van der Waals surface area (Å²) >= 11 is 0. The smallest absolute Gasteiger partial charge is 0.313 e. The van der Waals surface area contributed by atoms with Gasteiger partial charge < -0.3 is 9.64 Å². The fourth-order valence-corrected chi connectivity index (χ4v) is 2.36. The predicted octanol–water partition coefficient (Wildman–Crippen LogP) is 0.997. The van der Waals surface area contributed by atoms with Crippen molar-refractivity contribution in [1.29, 1.82) is 0 Å². The van der Waals surface area contributed by atoms with Crippen LogP contribution < -0.4 is 0 Å². The first-order valence-corrected chi connectivity index (χ1v) is 6.42. The number of carbonyl (C=O) groups excluding carboxylic acids is 2. The van der Waals surface area contributed by atoms with Crippen molar-refractivity contribution in [3.8, 4) is 0 Å². The molecule has 19 heavy (non-hydrogen) atoms. The molecule has 104 valence electrons. The summed E-state index contributed by atoms with van der Waals surface area (Å²) in [4.78, 5) is 25.6. The fraction of sp³-hybridized carbons (Fsp3) is 0.615. The third-order valence-corrected chi connectivity index (χ3v) is 3.67. The maximum Gasteiger partial charge on any atom is 0.313 e. The zero-order chi connectivity index (χ0) is 14.0. The molecule has 1 N–H and O–H groups in total. The molecule has 1 aliphatic rings. The molecule has 6 nitrogen and oxygen atoms in total. The van der Waals surface area contributed by atoms with Gasteiger partial charge in [-0.2, -0.15) is 5.10 Å². The number of methoxy groups -OCH3 is 1. The summed E-state index contributed by atoms with van der Waals surface area (Å²) in [6.07, 6.45) is 1.43. The van der Waals surface area contributed by atoms with Gasteiger partial charge in [-0.25, -0.2) is 0 Å². The molecule has 0 bridgehead atoms. The van der Waals surface area contributed by atoms with Crippen molar-refractivity contribution in [3.05, 3.63) is 17.5 Å². The van der Waals surface area contributed by atoms with Crippen molar-refractivity contribution in [2.24, 2.45) is 5.41 Å². The zero-order valence-electron chi connectivity index (χ0n) is 11.5. The molecule has 1 fully saturated rings. The van der Waals surface area contributed by atoms with E-state index in [1.54, 1.807) is 11.0 Å². The number of ether oxygens (including phenoxy) is 1. The average Bonchev–Trinajstić information content (AvgIpc) is 3.04. The first-order valence-electron chi connectivity index (χ1n) is 6.42. The summed E-state index contributed by atoms with van der Waals surface area (Å²) in [5, 5.41) is 6.84. The number of aromatic nitrogens is 2. The molecule has 1 atom stereocenters. The van der Waals surface area contributed by atoms with Crippen LogP contribution in [0.1, 0.15) is 36.5 Å². The van der Waals surface area contributed by atoms with Crippen molar-refractivity contribution in [1.82, 2.24) is 15.1 Å². The van der Waals surface area contributed by atoms with Crippen LogP contribution in [0.4, 0.5) is 0 Å². The predicted molar refractivity (Wildman–Crippen MR) is 68.6 cm³/mol.